The minimum atomic E-state index is -0.202. The molecule has 7 heteroatoms. The minimum Gasteiger partial charge on any atom is -0.437 e. The summed E-state index contributed by atoms with van der Waals surface area (Å²) < 4.78 is 5.75. The number of carbonyl (C=O) groups excluding carboxylic acids is 1. The number of hydrogen-bond acceptors (Lipinski definition) is 4. The number of hydrogen-bond donors (Lipinski definition) is 2. The Bertz CT molecular complexity index is 770. The molecule has 2 unspecified atom stereocenters. The van der Waals surface area contributed by atoms with E-state index >= 15 is 0 Å². The second-order valence-corrected chi connectivity index (χ2v) is 6.93. The molecular formula is C18H19Cl2N3O2. The van der Waals surface area contributed by atoms with Gasteiger partial charge < -0.3 is 15.4 Å². The van der Waals surface area contributed by atoms with Crippen molar-refractivity contribution in [3.63, 3.8) is 0 Å². The van der Waals surface area contributed by atoms with Crippen molar-refractivity contribution in [3.05, 3.63) is 52.1 Å². The molecule has 1 aromatic heterocycles. The summed E-state index contributed by atoms with van der Waals surface area (Å²) in [5.41, 5.74) is 0.375. The lowest BCUT2D eigenvalue weighted by Crippen LogP contribution is -2.46. The highest BCUT2D eigenvalue weighted by atomic mass is 35.5. The summed E-state index contributed by atoms with van der Waals surface area (Å²) in [6.45, 7) is 3.00. The van der Waals surface area contributed by atoms with E-state index < -0.39 is 0 Å². The van der Waals surface area contributed by atoms with Crippen molar-refractivity contribution in [1.29, 1.82) is 0 Å². The van der Waals surface area contributed by atoms with Crippen LogP contribution in [0.25, 0.3) is 0 Å². The van der Waals surface area contributed by atoms with E-state index in [9.17, 15) is 4.79 Å². The van der Waals surface area contributed by atoms with Crippen LogP contribution >= 0.6 is 23.2 Å². The summed E-state index contributed by atoms with van der Waals surface area (Å²) in [4.78, 5) is 16.8. The minimum absolute atomic E-state index is 0.135. The highest BCUT2D eigenvalue weighted by Crippen LogP contribution is 2.32. The Morgan fingerprint density at radius 2 is 2.20 bits per heavy atom. The standard InChI is InChI=1S/C18H19Cl2N3O2/c1-11-9-13(6-8-21-11)23-17(24)14-3-2-7-22-18(14)25-16-5-4-12(19)10-15(16)20/h2-5,7,10-11,13,21H,6,8-9H2,1H3,(H,23,24). The fraction of sp³-hybridized carbons (Fsp3) is 0.333. The van der Waals surface area contributed by atoms with Gasteiger partial charge in [-0.1, -0.05) is 23.2 Å². The molecule has 2 atom stereocenters. The van der Waals surface area contributed by atoms with Crippen molar-refractivity contribution in [2.45, 2.75) is 31.8 Å². The number of piperidine rings is 1. The van der Waals surface area contributed by atoms with E-state index in [-0.39, 0.29) is 17.8 Å². The Balaban J connectivity index is 1.77. The molecule has 5 nitrogen and oxygen atoms in total. The van der Waals surface area contributed by atoms with Crippen molar-refractivity contribution in [2.24, 2.45) is 0 Å². The van der Waals surface area contributed by atoms with Crippen LogP contribution in [-0.2, 0) is 0 Å². The first-order valence-corrected chi connectivity index (χ1v) is 8.90. The number of halogens is 2. The van der Waals surface area contributed by atoms with Gasteiger partial charge in [-0.15, -0.1) is 0 Å². The normalized spacial score (nSPS) is 20.1. The fourth-order valence-electron chi connectivity index (χ4n) is 2.83. The summed E-state index contributed by atoms with van der Waals surface area (Å²) in [5.74, 6) is 0.410. The lowest BCUT2D eigenvalue weighted by atomic mass is 10.0. The quantitative estimate of drug-likeness (QED) is 0.840. The third-order valence-electron chi connectivity index (χ3n) is 4.08. The molecule has 1 saturated heterocycles. The number of rotatable bonds is 4. The van der Waals surface area contributed by atoms with Gasteiger partial charge >= 0.3 is 0 Å². The molecule has 1 aliphatic rings. The largest absolute Gasteiger partial charge is 0.437 e. The summed E-state index contributed by atoms with van der Waals surface area (Å²) in [6, 6.07) is 8.81. The van der Waals surface area contributed by atoms with E-state index in [1.165, 1.54) is 0 Å². The zero-order valence-electron chi connectivity index (χ0n) is 13.8. The molecule has 0 bridgehead atoms. The van der Waals surface area contributed by atoms with E-state index in [0.29, 0.717) is 27.4 Å². The zero-order valence-corrected chi connectivity index (χ0v) is 15.3. The molecule has 2 aromatic rings. The van der Waals surface area contributed by atoms with Gasteiger partial charge in [-0.25, -0.2) is 4.98 Å². The maximum absolute atomic E-state index is 12.7. The van der Waals surface area contributed by atoms with Crippen LogP contribution < -0.4 is 15.4 Å². The number of amides is 1. The van der Waals surface area contributed by atoms with Gasteiger partial charge in [0, 0.05) is 23.3 Å². The molecule has 2 heterocycles. The van der Waals surface area contributed by atoms with Crippen LogP contribution in [0.5, 0.6) is 11.6 Å². The Kier molecular flexibility index (Phi) is 5.78. The molecule has 0 spiro atoms. The second kappa shape index (κ2) is 8.04. The summed E-state index contributed by atoms with van der Waals surface area (Å²) >= 11 is 12.0. The van der Waals surface area contributed by atoms with Gasteiger partial charge in [0.05, 0.1) is 5.02 Å². The molecule has 0 aliphatic carbocycles. The SMILES string of the molecule is CC1CC(NC(=O)c2cccnc2Oc2ccc(Cl)cc2Cl)CCN1. The molecule has 1 amide bonds. The molecule has 1 aliphatic heterocycles. The summed E-state index contributed by atoms with van der Waals surface area (Å²) in [7, 11) is 0. The lowest BCUT2D eigenvalue weighted by molar-refractivity contribution is 0.0922. The number of benzene rings is 1. The molecule has 0 radical (unpaired) electrons. The molecule has 2 N–H and O–H groups in total. The van der Waals surface area contributed by atoms with Crippen molar-refractivity contribution in [3.8, 4) is 11.6 Å². The molecular weight excluding hydrogens is 361 g/mol. The van der Waals surface area contributed by atoms with Gasteiger partial charge in [0.15, 0.2) is 0 Å². The number of nitrogens with zero attached hydrogens (tertiary/aromatic N) is 1. The van der Waals surface area contributed by atoms with Crippen molar-refractivity contribution in [1.82, 2.24) is 15.6 Å². The predicted molar refractivity (Wildman–Crippen MR) is 98.7 cm³/mol. The number of aromatic nitrogens is 1. The van der Waals surface area contributed by atoms with E-state index in [1.807, 2.05) is 0 Å². The first-order valence-electron chi connectivity index (χ1n) is 8.15. The van der Waals surface area contributed by atoms with Crippen molar-refractivity contribution < 1.29 is 9.53 Å². The van der Waals surface area contributed by atoms with E-state index in [1.54, 1.807) is 36.5 Å². The van der Waals surface area contributed by atoms with Crippen LogP contribution in [0.3, 0.4) is 0 Å². The third-order valence-corrected chi connectivity index (χ3v) is 4.61. The Hall–Kier alpha value is -1.82. The number of nitrogens with one attached hydrogen (secondary N) is 2. The first kappa shape index (κ1) is 18.0. The monoisotopic (exact) mass is 379 g/mol. The van der Waals surface area contributed by atoms with Crippen LogP contribution in [0.4, 0.5) is 0 Å². The van der Waals surface area contributed by atoms with Gasteiger partial charge in [0.2, 0.25) is 5.88 Å². The predicted octanol–water partition coefficient (Wildman–Crippen LogP) is 4.05. The van der Waals surface area contributed by atoms with Crippen LogP contribution in [0.1, 0.15) is 30.1 Å². The third kappa shape index (κ3) is 4.63. The van der Waals surface area contributed by atoms with Gasteiger partial charge in [-0.2, -0.15) is 0 Å². The maximum Gasteiger partial charge on any atom is 0.257 e. The molecule has 132 valence electrons. The molecule has 1 fully saturated rings. The number of pyridine rings is 1. The average molecular weight is 380 g/mol. The summed E-state index contributed by atoms with van der Waals surface area (Å²) in [6.07, 6.45) is 3.36. The molecule has 3 rings (SSSR count). The summed E-state index contributed by atoms with van der Waals surface area (Å²) in [5, 5.41) is 7.30. The first-order chi connectivity index (χ1) is 12.0. The Labute approximate surface area is 156 Å². The van der Waals surface area contributed by atoms with E-state index in [2.05, 4.69) is 22.5 Å². The van der Waals surface area contributed by atoms with Crippen molar-refractivity contribution >= 4 is 29.1 Å². The van der Waals surface area contributed by atoms with Crippen molar-refractivity contribution in [2.75, 3.05) is 6.54 Å². The highest BCUT2D eigenvalue weighted by Gasteiger charge is 2.22. The van der Waals surface area contributed by atoms with Crippen LogP contribution in [-0.4, -0.2) is 29.5 Å². The Morgan fingerprint density at radius 1 is 1.36 bits per heavy atom. The highest BCUT2D eigenvalue weighted by molar-refractivity contribution is 6.35. The van der Waals surface area contributed by atoms with E-state index in [0.717, 1.165) is 19.4 Å². The topological polar surface area (TPSA) is 63.2 Å². The maximum atomic E-state index is 12.7. The van der Waals surface area contributed by atoms with Gasteiger partial charge in [-0.3, -0.25) is 4.79 Å². The van der Waals surface area contributed by atoms with E-state index in [4.69, 9.17) is 27.9 Å². The Morgan fingerprint density at radius 3 is 2.96 bits per heavy atom. The van der Waals surface area contributed by atoms with Crippen LogP contribution in [0.15, 0.2) is 36.5 Å². The smallest absolute Gasteiger partial charge is 0.257 e. The average Bonchev–Trinajstić information content (AvgIpc) is 2.58. The molecule has 0 saturated carbocycles. The number of ether oxygens (including phenoxy) is 1. The van der Waals surface area contributed by atoms with Crippen LogP contribution in [0.2, 0.25) is 10.0 Å². The molecule has 1 aromatic carbocycles. The number of carbonyl (C=O) groups is 1. The fourth-order valence-corrected chi connectivity index (χ4v) is 3.28. The zero-order chi connectivity index (χ0) is 17.8. The van der Waals surface area contributed by atoms with Gasteiger partial charge in [-0.05, 0) is 56.6 Å². The van der Waals surface area contributed by atoms with Crippen LogP contribution in [0, 0.1) is 0 Å². The van der Waals surface area contributed by atoms with Gasteiger partial charge in [0.1, 0.15) is 11.3 Å². The molecule has 25 heavy (non-hydrogen) atoms. The second-order valence-electron chi connectivity index (χ2n) is 6.08. The lowest BCUT2D eigenvalue weighted by Gasteiger charge is -2.28. The van der Waals surface area contributed by atoms with Gasteiger partial charge in [0.25, 0.3) is 5.91 Å².